The molecule has 0 unspecified atom stereocenters. The van der Waals surface area contributed by atoms with Crippen LogP contribution in [0.2, 0.25) is 5.02 Å². The highest BCUT2D eigenvalue weighted by Crippen LogP contribution is 2.31. The van der Waals surface area contributed by atoms with E-state index >= 15 is 0 Å². The largest absolute Gasteiger partial charge is 0.493 e. The van der Waals surface area contributed by atoms with E-state index in [0.29, 0.717) is 5.92 Å². The fourth-order valence-corrected chi connectivity index (χ4v) is 3.20. The average Bonchev–Trinajstić information content (AvgIpc) is 2.48. The molecule has 0 amide bonds. The SMILES string of the molecule is Cc1cc(OCCC[NH+]2CC[NH+](C)CC2)c(C(C)C)cc1Cl. The van der Waals surface area contributed by atoms with Crippen LogP contribution >= 0.6 is 11.6 Å². The topological polar surface area (TPSA) is 18.1 Å². The smallest absolute Gasteiger partial charge is 0.127 e. The van der Waals surface area contributed by atoms with Crippen LogP contribution in [0.25, 0.3) is 0 Å². The lowest BCUT2D eigenvalue weighted by Gasteiger charge is -2.27. The number of hydrogen-bond donors (Lipinski definition) is 2. The lowest BCUT2D eigenvalue weighted by atomic mass is 10.0. The van der Waals surface area contributed by atoms with E-state index in [4.69, 9.17) is 16.3 Å². The highest BCUT2D eigenvalue weighted by atomic mass is 35.5. The summed E-state index contributed by atoms with van der Waals surface area (Å²) in [6.07, 6.45) is 1.12. The fourth-order valence-electron chi connectivity index (χ4n) is 3.03. The molecule has 2 rings (SSSR count). The van der Waals surface area contributed by atoms with Crippen LogP contribution in [0.5, 0.6) is 5.75 Å². The molecule has 1 aromatic carbocycles. The Kier molecular flexibility index (Phi) is 6.54. The van der Waals surface area contributed by atoms with Crippen molar-refractivity contribution in [2.75, 3.05) is 46.4 Å². The van der Waals surface area contributed by atoms with Crippen LogP contribution in [0.1, 0.15) is 37.3 Å². The van der Waals surface area contributed by atoms with Gasteiger partial charge in [0.05, 0.1) is 20.2 Å². The summed E-state index contributed by atoms with van der Waals surface area (Å²) in [5.74, 6) is 1.44. The Balaban J connectivity index is 1.82. The van der Waals surface area contributed by atoms with E-state index in [1.807, 2.05) is 6.92 Å². The highest BCUT2D eigenvalue weighted by molar-refractivity contribution is 6.31. The van der Waals surface area contributed by atoms with Crippen LogP contribution in [0.15, 0.2) is 12.1 Å². The number of aryl methyl sites for hydroxylation is 1. The minimum Gasteiger partial charge on any atom is -0.493 e. The van der Waals surface area contributed by atoms with Gasteiger partial charge in [0.25, 0.3) is 0 Å². The van der Waals surface area contributed by atoms with Crippen LogP contribution in [0, 0.1) is 6.92 Å². The number of likely N-dealkylation sites (N-methyl/N-ethyl adjacent to an activating group) is 1. The predicted octanol–water partition coefficient (Wildman–Crippen LogP) is 0.954. The molecule has 0 bridgehead atoms. The van der Waals surface area contributed by atoms with Crippen molar-refractivity contribution in [3.8, 4) is 5.75 Å². The van der Waals surface area contributed by atoms with Gasteiger partial charge in [-0.15, -0.1) is 0 Å². The number of hydrogen-bond acceptors (Lipinski definition) is 1. The molecule has 4 heteroatoms. The number of halogens is 1. The van der Waals surface area contributed by atoms with Gasteiger partial charge in [0.1, 0.15) is 31.9 Å². The number of benzene rings is 1. The molecule has 1 heterocycles. The normalized spacial score (nSPS) is 22.1. The Bertz CT molecular complexity index is 482. The van der Waals surface area contributed by atoms with Gasteiger partial charge in [-0.1, -0.05) is 25.4 Å². The maximum Gasteiger partial charge on any atom is 0.127 e. The highest BCUT2D eigenvalue weighted by Gasteiger charge is 2.19. The second-order valence-corrected chi connectivity index (χ2v) is 7.36. The zero-order valence-corrected chi connectivity index (χ0v) is 15.2. The minimum atomic E-state index is 0.430. The third kappa shape index (κ3) is 4.87. The van der Waals surface area contributed by atoms with Gasteiger partial charge < -0.3 is 14.5 Å². The molecule has 22 heavy (non-hydrogen) atoms. The van der Waals surface area contributed by atoms with E-state index in [0.717, 1.165) is 29.4 Å². The molecule has 0 spiro atoms. The maximum atomic E-state index is 6.24. The molecule has 0 radical (unpaired) electrons. The summed E-state index contributed by atoms with van der Waals surface area (Å²) >= 11 is 6.24. The molecule has 124 valence electrons. The predicted molar refractivity (Wildman–Crippen MR) is 92.6 cm³/mol. The van der Waals surface area contributed by atoms with Gasteiger partial charge in [0, 0.05) is 11.4 Å². The molecule has 1 fully saturated rings. The molecule has 2 N–H and O–H groups in total. The lowest BCUT2D eigenvalue weighted by Crippen LogP contribution is -3.27. The van der Waals surface area contributed by atoms with E-state index in [2.05, 4.69) is 33.0 Å². The summed E-state index contributed by atoms with van der Waals surface area (Å²) in [5, 5.41) is 0.834. The molecule has 0 aromatic heterocycles. The van der Waals surface area contributed by atoms with E-state index in [1.54, 1.807) is 9.80 Å². The first-order valence-electron chi connectivity index (χ1n) is 8.55. The van der Waals surface area contributed by atoms with Crippen LogP contribution in [0.3, 0.4) is 0 Å². The number of quaternary nitrogens is 2. The van der Waals surface area contributed by atoms with Gasteiger partial charge in [-0.2, -0.15) is 0 Å². The summed E-state index contributed by atoms with van der Waals surface area (Å²) in [5.41, 5.74) is 2.31. The van der Waals surface area contributed by atoms with Gasteiger partial charge in [-0.3, -0.25) is 0 Å². The molecular formula is C18H31ClN2O+2. The molecule has 1 aromatic rings. The van der Waals surface area contributed by atoms with E-state index in [-0.39, 0.29) is 0 Å². The summed E-state index contributed by atoms with van der Waals surface area (Å²) in [7, 11) is 2.29. The van der Waals surface area contributed by atoms with Crippen molar-refractivity contribution in [2.24, 2.45) is 0 Å². The summed E-state index contributed by atoms with van der Waals surface area (Å²) in [6, 6.07) is 4.15. The Morgan fingerprint density at radius 1 is 1.18 bits per heavy atom. The van der Waals surface area contributed by atoms with Gasteiger partial charge >= 0.3 is 0 Å². The van der Waals surface area contributed by atoms with Crippen molar-refractivity contribution in [1.29, 1.82) is 0 Å². The number of nitrogens with one attached hydrogen (secondary N) is 2. The molecule has 0 aliphatic carbocycles. The Labute approximate surface area is 140 Å². The minimum absolute atomic E-state index is 0.430. The van der Waals surface area contributed by atoms with Gasteiger partial charge in [-0.05, 0) is 36.1 Å². The summed E-state index contributed by atoms with van der Waals surface area (Å²) in [6.45, 7) is 13.6. The van der Waals surface area contributed by atoms with Crippen molar-refractivity contribution >= 4 is 11.6 Å². The van der Waals surface area contributed by atoms with Gasteiger partial charge in [0.2, 0.25) is 0 Å². The zero-order valence-electron chi connectivity index (χ0n) is 14.5. The van der Waals surface area contributed by atoms with Crippen molar-refractivity contribution in [3.63, 3.8) is 0 Å². The number of piperazine rings is 1. The van der Waals surface area contributed by atoms with Crippen molar-refractivity contribution in [3.05, 3.63) is 28.3 Å². The van der Waals surface area contributed by atoms with Crippen LogP contribution in [0.4, 0.5) is 0 Å². The van der Waals surface area contributed by atoms with E-state index < -0.39 is 0 Å². The summed E-state index contributed by atoms with van der Waals surface area (Å²) < 4.78 is 6.07. The maximum absolute atomic E-state index is 6.24. The molecule has 1 saturated heterocycles. The first kappa shape index (κ1) is 17.6. The van der Waals surface area contributed by atoms with Crippen molar-refractivity contribution in [2.45, 2.75) is 33.1 Å². The Hall–Kier alpha value is -0.770. The molecule has 0 atom stereocenters. The second kappa shape index (κ2) is 8.19. The monoisotopic (exact) mass is 326 g/mol. The van der Waals surface area contributed by atoms with Crippen molar-refractivity contribution in [1.82, 2.24) is 0 Å². The second-order valence-electron chi connectivity index (χ2n) is 6.95. The van der Waals surface area contributed by atoms with Crippen LogP contribution in [-0.4, -0.2) is 46.4 Å². The third-order valence-corrected chi connectivity index (χ3v) is 5.06. The quantitative estimate of drug-likeness (QED) is 0.745. The zero-order chi connectivity index (χ0) is 16.1. The molecule has 1 aliphatic rings. The van der Waals surface area contributed by atoms with Gasteiger partial charge in [0.15, 0.2) is 0 Å². The Morgan fingerprint density at radius 3 is 2.50 bits per heavy atom. The first-order valence-corrected chi connectivity index (χ1v) is 8.93. The Morgan fingerprint density at radius 2 is 1.86 bits per heavy atom. The van der Waals surface area contributed by atoms with E-state index in [1.165, 1.54) is 38.3 Å². The molecule has 0 saturated carbocycles. The van der Waals surface area contributed by atoms with Crippen molar-refractivity contribution < 1.29 is 14.5 Å². The standard InChI is InChI=1S/C18H29ClN2O/c1-14(2)16-13-17(19)15(3)12-18(16)22-11-5-6-21-9-7-20(4)8-10-21/h12-14H,5-11H2,1-4H3/p+2. The number of ether oxygens (including phenoxy) is 1. The molecule has 1 aliphatic heterocycles. The number of rotatable bonds is 6. The molecular weight excluding hydrogens is 296 g/mol. The molecule has 3 nitrogen and oxygen atoms in total. The fraction of sp³-hybridized carbons (Fsp3) is 0.667. The van der Waals surface area contributed by atoms with E-state index in [9.17, 15) is 0 Å². The average molecular weight is 327 g/mol. The van der Waals surface area contributed by atoms with Crippen LogP contribution in [-0.2, 0) is 0 Å². The lowest BCUT2D eigenvalue weighted by molar-refractivity contribution is -1.00. The summed E-state index contributed by atoms with van der Waals surface area (Å²) in [4.78, 5) is 3.39. The first-order chi connectivity index (χ1) is 10.5. The van der Waals surface area contributed by atoms with Gasteiger partial charge in [-0.25, -0.2) is 0 Å². The third-order valence-electron chi connectivity index (χ3n) is 4.66. The van der Waals surface area contributed by atoms with Crippen LogP contribution < -0.4 is 14.5 Å².